The standard InChI is InChI=1S/C13H11BrN2O2/c1-18-10-7-5-9(6-8-10)13(17)16-12-4-2-3-11(14)15-12/h2-8H,1H3,(H,15,16,17). The van der Waals surface area contributed by atoms with E-state index in [1.165, 1.54) is 0 Å². The second-order valence-electron chi connectivity index (χ2n) is 3.53. The maximum Gasteiger partial charge on any atom is 0.256 e. The Hall–Kier alpha value is -1.88. The van der Waals surface area contributed by atoms with Crippen LogP contribution in [0, 0.1) is 0 Å². The third kappa shape index (κ3) is 3.07. The Balaban J connectivity index is 2.11. The number of anilines is 1. The number of nitrogens with one attached hydrogen (secondary N) is 1. The van der Waals surface area contributed by atoms with E-state index in [0.29, 0.717) is 21.7 Å². The smallest absolute Gasteiger partial charge is 0.256 e. The Morgan fingerprint density at radius 1 is 1.22 bits per heavy atom. The minimum atomic E-state index is -0.205. The number of nitrogens with zero attached hydrogens (tertiary/aromatic N) is 1. The lowest BCUT2D eigenvalue weighted by Gasteiger charge is -2.05. The van der Waals surface area contributed by atoms with Crippen LogP contribution in [0.15, 0.2) is 47.1 Å². The zero-order valence-corrected chi connectivity index (χ0v) is 11.3. The van der Waals surface area contributed by atoms with Gasteiger partial charge in [0.2, 0.25) is 0 Å². The molecule has 1 aromatic carbocycles. The molecule has 0 aliphatic heterocycles. The van der Waals surface area contributed by atoms with Gasteiger partial charge in [-0.15, -0.1) is 0 Å². The van der Waals surface area contributed by atoms with Crippen LogP contribution in [0.1, 0.15) is 10.4 Å². The number of halogens is 1. The van der Waals surface area contributed by atoms with Gasteiger partial charge in [-0.1, -0.05) is 6.07 Å². The maximum absolute atomic E-state index is 11.9. The number of rotatable bonds is 3. The minimum Gasteiger partial charge on any atom is -0.497 e. The summed E-state index contributed by atoms with van der Waals surface area (Å²) in [7, 11) is 1.58. The molecule has 0 aliphatic carbocycles. The zero-order valence-electron chi connectivity index (χ0n) is 9.68. The van der Waals surface area contributed by atoms with Gasteiger partial charge in [0, 0.05) is 5.56 Å². The molecule has 0 atom stereocenters. The topological polar surface area (TPSA) is 51.2 Å². The van der Waals surface area contributed by atoms with E-state index < -0.39 is 0 Å². The van der Waals surface area contributed by atoms with Crippen LogP contribution in [-0.4, -0.2) is 18.0 Å². The number of carbonyl (C=O) groups excluding carboxylic acids is 1. The third-order valence-electron chi connectivity index (χ3n) is 2.31. The van der Waals surface area contributed by atoms with Crippen LogP contribution in [0.5, 0.6) is 5.75 Å². The van der Waals surface area contributed by atoms with Gasteiger partial charge in [-0.05, 0) is 52.3 Å². The van der Waals surface area contributed by atoms with Crippen molar-refractivity contribution in [3.63, 3.8) is 0 Å². The van der Waals surface area contributed by atoms with Gasteiger partial charge in [0.05, 0.1) is 7.11 Å². The number of ether oxygens (including phenoxy) is 1. The SMILES string of the molecule is COc1ccc(C(=O)Nc2cccc(Br)n2)cc1. The Kier molecular flexibility index (Phi) is 3.94. The summed E-state index contributed by atoms with van der Waals surface area (Å²) in [5.41, 5.74) is 0.553. The first-order valence-electron chi connectivity index (χ1n) is 5.27. The largest absolute Gasteiger partial charge is 0.497 e. The molecule has 0 saturated carbocycles. The van der Waals surface area contributed by atoms with E-state index in [-0.39, 0.29) is 5.91 Å². The molecule has 0 saturated heterocycles. The van der Waals surface area contributed by atoms with E-state index in [0.717, 1.165) is 0 Å². The van der Waals surface area contributed by atoms with Crippen molar-refractivity contribution in [3.05, 3.63) is 52.6 Å². The molecule has 0 spiro atoms. The Labute approximate surface area is 113 Å². The predicted octanol–water partition coefficient (Wildman–Crippen LogP) is 3.11. The van der Waals surface area contributed by atoms with E-state index in [4.69, 9.17) is 4.74 Å². The molecular weight excluding hydrogens is 296 g/mol. The summed E-state index contributed by atoms with van der Waals surface area (Å²) in [6.45, 7) is 0. The lowest BCUT2D eigenvalue weighted by Crippen LogP contribution is -2.12. The van der Waals surface area contributed by atoms with E-state index in [1.807, 2.05) is 0 Å². The number of pyridine rings is 1. The molecule has 1 N–H and O–H groups in total. The molecule has 0 unspecified atom stereocenters. The fourth-order valence-electron chi connectivity index (χ4n) is 1.41. The van der Waals surface area contributed by atoms with Crippen molar-refractivity contribution in [2.24, 2.45) is 0 Å². The van der Waals surface area contributed by atoms with Crippen molar-refractivity contribution >= 4 is 27.7 Å². The van der Waals surface area contributed by atoms with E-state index in [1.54, 1.807) is 49.6 Å². The van der Waals surface area contributed by atoms with Crippen molar-refractivity contribution < 1.29 is 9.53 Å². The molecule has 0 radical (unpaired) electrons. The van der Waals surface area contributed by atoms with Crippen molar-refractivity contribution in [2.75, 3.05) is 12.4 Å². The summed E-state index contributed by atoms with van der Waals surface area (Å²) in [5, 5.41) is 2.72. The van der Waals surface area contributed by atoms with Gasteiger partial charge in [-0.25, -0.2) is 4.98 Å². The monoisotopic (exact) mass is 306 g/mol. The molecular formula is C13H11BrN2O2. The van der Waals surface area contributed by atoms with Crippen molar-refractivity contribution in [2.45, 2.75) is 0 Å². The quantitative estimate of drug-likeness (QED) is 0.887. The molecule has 92 valence electrons. The summed E-state index contributed by atoms with van der Waals surface area (Å²) in [6.07, 6.45) is 0. The molecule has 0 fully saturated rings. The van der Waals surface area contributed by atoms with Crippen LogP contribution in [0.2, 0.25) is 0 Å². The fraction of sp³-hybridized carbons (Fsp3) is 0.0769. The molecule has 0 bridgehead atoms. The molecule has 2 rings (SSSR count). The summed E-state index contributed by atoms with van der Waals surface area (Å²) in [6, 6.07) is 12.2. The number of carbonyl (C=O) groups is 1. The zero-order chi connectivity index (χ0) is 13.0. The highest BCUT2D eigenvalue weighted by atomic mass is 79.9. The van der Waals surface area contributed by atoms with Crippen molar-refractivity contribution in [3.8, 4) is 5.75 Å². The first-order chi connectivity index (χ1) is 8.69. The van der Waals surface area contributed by atoms with Gasteiger partial charge in [-0.2, -0.15) is 0 Å². The molecule has 5 heteroatoms. The van der Waals surface area contributed by atoms with Crippen molar-refractivity contribution in [1.29, 1.82) is 0 Å². The molecule has 1 aromatic heterocycles. The van der Waals surface area contributed by atoms with Gasteiger partial charge in [0.15, 0.2) is 0 Å². The Morgan fingerprint density at radius 2 is 1.94 bits per heavy atom. The highest BCUT2D eigenvalue weighted by Gasteiger charge is 2.06. The number of amides is 1. The number of methoxy groups -OCH3 is 1. The number of hydrogen-bond donors (Lipinski definition) is 1. The molecule has 4 nitrogen and oxygen atoms in total. The van der Waals surface area contributed by atoms with Gasteiger partial charge < -0.3 is 10.1 Å². The van der Waals surface area contributed by atoms with E-state index in [2.05, 4.69) is 26.2 Å². The highest BCUT2D eigenvalue weighted by Crippen LogP contribution is 2.14. The summed E-state index contributed by atoms with van der Waals surface area (Å²) in [4.78, 5) is 16.1. The fourth-order valence-corrected chi connectivity index (χ4v) is 1.75. The molecule has 0 aliphatic rings. The lowest BCUT2D eigenvalue weighted by molar-refractivity contribution is 0.102. The molecule has 18 heavy (non-hydrogen) atoms. The van der Waals surface area contributed by atoms with E-state index in [9.17, 15) is 4.79 Å². The second-order valence-corrected chi connectivity index (χ2v) is 4.34. The predicted molar refractivity (Wildman–Crippen MR) is 72.9 cm³/mol. The number of aromatic nitrogens is 1. The summed E-state index contributed by atoms with van der Waals surface area (Å²) >= 11 is 3.25. The van der Waals surface area contributed by atoms with Gasteiger partial charge in [0.25, 0.3) is 5.91 Å². The van der Waals surface area contributed by atoms with Crippen LogP contribution in [-0.2, 0) is 0 Å². The number of hydrogen-bond acceptors (Lipinski definition) is 3. The average Bonchev–Trinajstić information content (AvgIpc) is 2.39. The van der Waals surface area contributed by atoms with Crippen molar-refractivity contribution in [1.82, 2.24) is 4.98 Å². The molecule has 2 aromatic rings. The molecule has 1 amide bonds. The van der Waals surface area contributed by atoms with Crippen LogP contribution >= 0.6 is 15.9 Å². The summed E-state index contributed by atoms with van der Waals surface area (Å²) in [5.74, 6) is 1.01. The molecule has 1 heterocycles. The van der Waals surface area contributed by atoms with Crippen LogP contribution in [0.4, 0.5) is 5.82 Å². The first kappa shape index (κ1) is 12.6. The summed E-state index contributed by atoms with van der Waals surface area (Å²) < 4.78 is 5.71. The minimum absolute atomic E-state index is 0.205. The third-order valence-corrected chi connectivity index (χ3v) is 2.75. The van der Waals surface area contributed by atoms with E-state index >= 15 is 0 Å². The van der Waals surface area contributed by atoms with Gasteiger partial charge in [-0.3, -0.25) is 4.79 Å². The van der Waals surface area contributed by atoms with Crippen LogP contribution in [0.25, 0.3) is 0 Å². The maximum atomic E-state index is 11.9. The van der Waals surface area contributed by atoms with Crippen LogP contribution in [0.3, 0.4) is 0 Å². The lowest BCUT2D eigenvalue weighted by atomic mass is 10.2. The number of benzene rings is 1. The Bertz CT molecular complexity index is 555. The average molecular weight is 307 g/mol. The second kappa shape index (κ2) is 5.64. The first-order valence-corrected chi connectivity index (χ1v) is 6.06. The normalized spacial score (nSPS) is 9.89. The highest BCUT2D eigenvalue weighted by molar-refractivity contribution is 9.10. The van der Waals surface area contributed by atoms with Gasteiger partial charge >= 0.3 is 0 Å². The van der Waals surface area contributed by atoms with Crippen LogP contribution < -0.4 is 10.1 Å². The Morgan fingerprint density at radius 3 is 2.56 bits per heavy atom. The van der Waals surface area contributed by atoms with Gasteiger partial charge in [0.1, 0.15) is 16.2 Å².